The summed E-state index contributed by atoms with van der Waals surface area (Å²) in [6, 6.07) is 5.69. The Morgan fingerprint density at radius 2 is 2.12 bits per heavy atom. The van der Waals surface area contributed by atoms with Crippen molar-refractivity contribution in [2.75, 3.05) is 6.61 Å². The van der Waals surface area contributed by atoms with Crippen LogP contribution in [0.2, 0.25) is 0 Å². The number of nitro benzene ring substituents is 1. The van der Waals surface area contributed by atoms with Crippen molar-refractivity contribution in [2.45, 2.75) is 25.4 Å². The van der Waals surface area contributed by atoms with E-state index in [-0.39, 0.29) is 17.6 Å². The number of hydrogen-bond acceptors (Lipinski definition) is 4. The summed E-state index contributed by atoms with van der Waals surface area (Å²) >= 11 is 0. The van der Waals surface area contributed by atoms with Crippen molar-refractivity contribution in [1.29, 1.82) is 0 Å². The van der Waals surface area contributed by atoms with Crippen LogP contribution >= 0.6 is 0 Å². The zero-order valence-corrected chi connectivity index (χ0v) is 9.30. The first kappa shape index (κ1) is 11.7. The summed E-state index contributed by atoms with van der Waals surface area (Å²) in [6.07, 6.45) is 2.28. The van der Waals surface area contributed by atoms with E-state index in [0.29, 0.717) is 12.0 Å². The first-order chi connectivity index (χ1) is 8.16. The standard InChI is InChI=1S/C12H13NO4/c14-12(8-11-2-1-7-17-11)9-3-5-10(6-4-9)13(15)16/h3-6,11H,1-2,7-8H2. The molecule has 0 radical (unpaired) electrons. The van der Waals surface area contributed by atoms with Gasteiger partial charge in [-0.05, 0) is 25.0 Å². The second-order valence-corrected chi connectivity index (χ2v) is 4.07. The van der Waals surface area contributed by atoms with E-state index in [4.69, 9.17) is 4.74 Å². The molecule has 1 unspecified atom stereocenters. The summed E-state index contributed by atoms with van der Waals surface area (Å²) in [6.45, 7) is 0.720. The summed E-state index contributed by atoms with van der Waals surface area (Å²) in [5.74, 6) is -0.0215. The fourth-order valence-corrected chi connectivity index (χ4v) is 1.90. The predicted octanol–water partition coefficient (Wildman–Crippen LogP) is 2.35. The van der Waals surface area contributed by atoms with Crippen LogP contribution in [0.15, 0.2) is 24.3 Å². The summed E-state index contributed by atoms with van der Waals surface area (Å²) in [7, 11) is 0. The summed E-state index contributed by atoms with van der Waals surface area (Å²) in [5.41, 5.74) is 0.504. The van der Waals surface area contributed by atoms with Crippen LogP contribution in [0.4, 0.5) is 5.69 Å². The van der Waals surface area contributed by atoms with Crippen LogP contribution in [0.25, 0.3) is 0 Å². The van der Waals surface area contributed by atoms with E-state index < -0.39 is 4.92 Å². The lowest BCUT2D eigenvalue weighted by Gasteiger charge is -2.07. The first-order valence-electron chi connectivity index (χ1n) is 5.56. The molecular formula is C12H13NO4. The molecule has 0 saturated carbocycles. The predicted molar refractivity (Wildman–Crippen MR) is 61.0 cm³/mol. The molecule has 1 aromatic carbocycles. The molecule has 0 bridgehead atoms. The molecule has 0 N–H and O–H groups in total. The maximum atomic E-state index is 11.8. The van der Waals surface area contributed by atoms with Gasteiger partial charge in [-0.3, -0.25) is 14.9 Å². The van der Waals surface area contributed by atoms with Gasteiger partial charge in [-0.15, -0.1) is 0 Å². The summed E-state index contributed by atoms with van der Waals surface area (Å²) < 4.78 is 5.38. The Kier molecular flexibility index (Phi) is 3.49. The van der Waals surface area contributed by atoms with Crippen LogP contribution in [-0.4, -0.2) is 23.4 Å². The van der Waals surface area contributed by atoms with Gasteiger partial charge in [0.15, 0.2) is 5.78 Å². The van der Waals surface area contributed by atoms with Gasteiger partial charge in [-0.2, -0.15) is 0 Å². The minimum atomic E-state index is -0.478. The fourth-order valence-electron chi connectivity index (χ4n) is 1.90. The second kappa shape index (κ2) is 5.05. The smallest absolute Gasteiger partial charge is 0.269 e. The van der Waals surface area contributed by atoms with E-state index in [1.54, 1.807) is 0 Å². The Bertz CT molecular complexity index is 421. The number of nitrogens with zero attached hydrogens (tertiary/aromatic N) is 1. The highest BCUT2D eigenvalue weighted by atomic mass is 16.6. The van der Waals surface area contributed by atoms with Crippen molar-refractivity contribution in [3.05, 3.63) is 39.9 Å². The number of ketones is 1. The van der Waals surface area contributed by atoms with Crippen molar-refractivity contribution >= 4 is 11.5 Å². The quantitative estimate of drug-likeness (QED) is 0.456. The number of rotatable bonds is 4. The maximum absolute atomic E-state index is 11.8. The van der Waals surface area contributed by atoms with E-state index in [1.807, 2.05) is 0 Å². The third-order valence-electron chi connectivity index (χ3n) is 2.84. The molecule has 0 amide bonds. The number of ether oxygens (including phenoxy) is 1. The number of nitro groups is 1. The highest BCUT2D eigenvalue weighted by Crippen LogP contribution is 2.19. The third kappa shape index (κ3) is 2.88. The molecule has 0 spiro atoms. The summed E-state index contributed by atoms with van der Waals surface area (Å²) in [5, 5.41) is 10.5. The van der Waals surface area contributed by atoms with Crippen LogP contribution in [-0.2, 0) is 4.74 Å². The number of benzene rings is 1. The van der Waals surface area contributed by atoms with Gasteiger partial charge < -0.3 is 4.74 Å². The third-order valence-corrected chi connectivity index (χ3v) is 2.84. The molecule has 90 valence electrons. The molecule has 17 heavy (non-hydrogen) atoms. The lowest BCUT2D eigenvalue weighted by atomic mass is 10.0. The zero-order valence-electron chi connectivity index (χ0n) is 9.30. The van der Waals surface area contributed by atoms with Gasteiger partial charge in [0, 0.05) is 30.7 Å². The van der Waals surface area contributed by atoms with Gasteiger partial charge in [0.1, 0.15) is 0 Å². The Morgan fingerprint density at radius 1 is 1.41 bits per heavy atom. The van der Waals surface area contributed by atoms with Crippen LogP contribution in [0.3, 0.4) is 0 Å². The first-order valence-corrected chi connectivity index (χ1v) is 5.56. The van der Waals surface area contributed by atoms with E-state index >= 15 is 0 Å². The average molecular weight is 235 g/mol. The van der Waals surface area contributed by atoms with E-state index in [9.17, 15) is 14.9 Å². The van der Waals surface area contributed by atoms with E-state index in [0.717, 1.165) is 19.4 Å². The molecule has 1 fully saturated rings. The normalized spacial score (nSPS) is 19.2. The van der Waals surface area contributed by atoms with Crippen LogP contribution in [0.1, 0.15) is 29.6 Å². The van der Waals surface area contributed by atoms with Crippen LogP contribution in [0, 0.1) is 10.1 Å². The highest BCUT2D eigenvalue weighted by Gasteiger charge is 2.20. The number of non-ortho nitro benzene ring substituents is 1. The topological polar surface area (TPSA) is 69.4 Å². The van der Waals surface area contributed by atoms with Gasteiger partial charge in [0.25, 0.3) is 5.69 Å². The average Bonchev–Trinajstić information content (AvgIpc) is 2.82. The minimum absolute atomic E-state index is 0.00123. The Hall–Kier alpha value is -1.75. The Labute approximate surface area is 98.5 Å². The molecule has 1 saturated heterocycles. The van der Waals surface area contributed by atoms with E-state index in [1.165, 1.54) is 24.3 Å². The molecule has 0 aromatic heterocycles. The minimum Gasteiger partial charge on any atom is -0.378 e. The van der Waals surface area contributed by atoms with Crippen molar-refractivity contribution in [1.82, 2.24) is 0 Å². The summed E-state index contributed by atoms with van der Waals surface area (Å²) in [4.78, 5) is 21.8. The fraction of sp³-hybridized carbons (Fsp3) is 0.417. The van der Waals surface area contributed by atoms with Crippen molar-refractivity contribution in [2.24, 2.45) is 0 Å². The number of carbonyl (C=O) groups is 1. The van der Waals surface area contributed by atoms with Crippen LogP contribution < -0.4 is 0 Å². The van der Waals surface area contributed by atoms with Gasteiger partial charge in [-0.25, -0.2) is 0 Å². The number of hydrogen-bond donors (Lipinski definition) is 0. The number of Topliss-reactive ketones (excluding diaryl/α,β-unsaturated/α-hetero) is 1. The molecule has 1 atom stereocenters. The molecule has 1 aromatic rings. The van der Waals surface area contributed by atoms with Gasteiger partial charge in [-0.1, -0.05) is 0 Å². The molecule has 1 aliphatic rings. The monoisotopic (exact) mass is 235 g/mol. The van der Waals surface area contributed by atoms with E-state index in [2.05, 4.69) is 0 Å². The van der Waals surface area contributed by atoms with Crippen LogP contribution in [0.5, 0.6) is 0 Å². The molecule has 5 nitrogen and oxygen atoms in total. The molecule has 1 aliphatic heterocycles. The Balaban J connectivity index is 2.01. The van der Waals surface area contributed by atoms with Crippen molar-refractivity contribution < 1.29 is 14.5 Å². The lowest BCUT2D eigenvalue weighted by Crippen LogP contribution is -2.12. The van der Waals surface area contributed by atoms with Crippen molar-refractivity contribution in [3.8, 4) is 0 Å². The molecule has 1 heterocycles. The van der Waals surface area contributed by atoms with Gasteiger partial charge >= 0.3 is 0 Å². The van der Waals surface area contributed by atoms with Gasteiger partial charge in [0.2, 0.25) is 0 Å². The largest absolute Gasteiger partial charge is 0.378 e. The molecule has 5 heteroatoms. The molecular weight excluding hydrogens is 222 g/mol. The maximum Gasteiger partial charge on any atom is 0.269 e. The molecule has 2 rings (SSSR count). The second-order valence-electron chi connectivity index (χ2n) is 4.07. The molecule has 0 aliphatic carbocycles. The van der Waals surface area contributed by atoms with Gasteiger partial charge in [0.05, 0.1) is 11.0 Å². The SMILES string of the molecule is O=C(CC1CCCO1)c1ccc([N+](=O)[O-])cc1. The zero-order chi connectivity index (χ0) is 12.3. The highest BCUT2D eigenvalue weighted by molar-refractivity contribution is 5.96. The Morgan fingerprint density at radius 3 is 2.65 bits per heavy atom. The lowest BCUT2D eigenvalue weighted by molar-refractivity contribution is -0.384. The van der Waals surface area contributed by atoms with Crippen molar-refractivity contribution in [3.63, 3.8) is 0 Å². The number of carbonyl (C=O) groups excluding carboxylic acids is 1.